The zero-order chi connectivity index (χ0) is 53.3. The first-order valence-electron chi connectivity index (χ1n) is 27.6. The molecule has 4 heteroatoms. The molecular formula is C76H52N2S2. The highest BCUT2D eigenvalue weighted by Crippen LogP contribution is 2.52. The minimum Gasteiger partial charge on any atom is -0.309 e. The third-order valence-electron chi connectivity index (χ3n) is 17.0. The van der Waals surface area contributed by atoms with Gasteiger partial charge in [0.05, 0.1) is 22.7 Å². The Morgan fingerprint density at radius 2 is 0.650 bits per heavy atom. The summed E-state index contributed by atoms with van der Waals surface area (Å²) < 4.78 is 5.27. The molecule has 0 saturated carbocycles. The lowest BCUT2D eigenvalue weighted by molar-refractivity contribution is 1.23. The van der Waals surface area contributed by atoms with E-state index in [1.165, 1.54) is 150 Å². The molecule has 0 atom stereocenters. The minimum atomic E-state index is 1.12. The van der Waals surface area contributed by atoms with Gasteiger partial charge in [-0.05, 0) is 165 Å². The highest BCUT2D eigenvalue weighted by Gasteiger charge is 2.26. The molecule has 0 spiro atoms. The molecule has 0 unspecified atom stereocenters. The fourth-order valence-corrected chi connectivity index (χ4v) is 16.0. The Labute approximate surface area is 472 Å². The van der Waals surface area contributed by atoms with Gasteiger partial charge in [-0.1, -0.05) is 182 Å². The Balaban J connectivity index is 0.907. The van der Waals surface area contributed by atoms with Crippen LogP contribution in [0, 0.1) is 27.7 Å². The first kappa shape index (κ1) is 46.7. The summed E-state index contributed by atoms with van der Waals surface area (Å²) in [7, 11) is 0. The number of anilines is 6. The standard InChI is InChI=1S/C76H52N2S2/c1-45-17-13-18-46(2)73(45)77(55-25-15-23-51(41-55)63-43-53-21-5-7-27-57(53)71-61-29-9-11-31-67(61)79-75(63)71)65-39-35-49-34-38-60-66(40-36-50-33-37-59(65)69(49)70(50)60)78(74-47(3)19-14-20-48(74)4)56-26-16-24-52(42-56)64-44-54-22-6-8-28-58(54)72-62-30-10-12-32-68(62)80-76(64)72/h5-44H,1-4H3. The molecule has 80 heavy (non-hydrogen) atoms. The second kappa shape index (κ2) is 18.1. The van der Waals surface area contributed by atoms with Crippen molar-refractivity contribution in [1.82, 2.24) is 0 Å². The van der Waals surface area contributed by atoms with Crippen molar-refractivity contribution >= 4 is 151 Å². The summed E-state index contributed by atoms with van der Waals surface area (Å²) >= 11 is 3.80. The summed E-state index contributed by atoms with van der Waals surface area (Å²) in [6.45, 7) is 9.03. The number of nitrogens with zero attached hydrogens (tertiary/aromatic N) is 2. The van der Waals surface area contributed by atoms with Crippen molar-refractivity contribution in [1.29, 1.82) is 0 Å². The highest BCUT2D eigenvalue weighted by atomic mass is 32.1. The van der Waals surface area contributed by atoms with Gasteiger partial charge in [0.25, 0.3) is 0 Å². The maximum absolute atomic E-state index is 2.54. The summed E-state index contributed by atoms with van der Waals surface area (Å²) in [6, 6.07) is 91.2. The lowest BCUT2D eigenvalue weighted by Crippen LogP contribution is -2.14. The molecule has 14 aromatic carbocycles. The minimum absolute atomic E-state index is 1.12. The van der Waals surface area contributed by atoms with Crippen molar-refractivity contribution in [2.75, 3.05) is 9.80 Å². The predicted molar refractivity (Wildman–Crippen MR) is 350 cm³/mol. The van der Waals surface area contributed by atoms with Gasteiger partial charge in [-0.3, -0.25) is 0 Å². The number of hydrogen-bond donors (Lipinski definition) is 0. The van der Waals surface area contributed by atoms with Gasteiger partial charge in [-0.15, -0.1) is 22.7 Å². The number of hydrogen-bond acceptors (Lipinski definition) is 4. The molecule has 0 aliphatic heterocycles. The van der Waals surface area contributed by atoms with E-state index in [1.807, 2.05) is 22.7 Å². The van der Waals surface area contributed by atoms with E-state index >= 15 is 0 Å². The Bertz CT molecular complexity index is 4850. The van der Waals surface area contributed by atoms with E-state index in [0.29, 0.717) is 0 Å². The highest BCUT2D eigenvalue weighted by molar-refractivity contribution is 7.27. The Morgan fingerprint density at radius 3 is 1.09 bits per heavy atom. The zero-order valence-corrected chi connectivity index (χ0v) is 46.4. The third kappa shape index (κ3) is 7.09. The number of thiophene rings is 2. The van der Waals surface area contributed by atoms with Crippen molar-refractivity contribution in [3.8, 4) is 22.3 Å². The molecule has 2 nitrogen and oxygen atoms in total. The van der Waals surface area contributed by atoms with Gasteiger partial charge < -0.3 is 9.80 Å². The van der Waals surface area contributed by atoms with Gasteiger partial charge in [0.2, 0.25) is 0 Å². The van der Waals surface area contributed by atoms with Gasteiger partial charge in [0.15, 0.2) is 0 Å². The van der Waals surface area contributed by atoms with Crippen LogP contribution in [0.3, 0.4) is 0 Å². The van der Waals surface area contributed by atoms with Crippen molar-refractivity contribution in [3.05, 3.63) is 265 Å². The average molecular weight is 1060 g/mol. The number of benzene rings is 14. The van der Waals surface area contributed by atoms with Crippen LogP contribution in [0.25, 0.3) is 116 Å². The van der Waals surface area contributed by atoms with Crippen LogP contribution < -0.4 is 9.80 Å². The lowest BCUT2D eigenvalue weighted by atomic mass is 9.91. The van der Waals surface area contributed by atoms with Crippen molar-refractivity contribution in [2.45, 2.75) is 27.7 Å². The Morgan fingerprint density at radius 1 is 0.275 bits per heavy atom. The monoisotopic (exact) mass is 1060 g/mol. The molecule has 0 bridgehead atoms. The van der Waals surface area contributed by atoms with E-state index in [-0.39, 0.29) is 0 Å². The van der Waals surface area contributed by atoms with Gasteiger partial charge >= 0.3 is 0 Å². The molecule has 0 N–H and O–H groups in total. The van der Waals surface area contributed by atoms with E-state index in [0.717, 1.165) is 22.7 Å². The number of rotatable bonds is 8. The molecule has 0 radical (unpaired) electrons. The molecule has 16 rings (SSSR count). The summed E-state index contributed by atoms with van der Waals surface area (Å²) in [4.78, 5) is 5.08. The van der Waals surface area contributed by atoms with Gasteiger partial charge in [-0.25, -0.2) is 0 Å². The van der Waals surface area contributed by atoms with Gasteiger partial charge in [0.1, 0.15) is 0 Å². The zero-order valence-electron chi connectivity index (χ0n) is 44.8. The van der Waals surface area contributed by atoms with E-state index < -0.39 is 0 Å². The molecule has 0 amide bonds. The smallest absolute Gasteiger partial charge is 0.0540 e. The van der Waals surface area contributed by atoms with Crippen LogP contribution in [0.4, 0.5) is 34.1 Å². The van der Waals surface area contributed by atoms with E-state index in [1.54, 1.807) is 0 Å². The van der Waals surface area contributed by atoms with Crippen LogP contribution in [-0.2, 0) is 0 Å². The van der Waals surface area contributed by atoms with Gasteiger partial charge in [-0.2, -0.15) is 0 Å². The normalized spacial score (nSPS) is 12.0. The van der Waals surface area contributed by atoms with Crippen LogP contribution in [0.2, 0.25) is 0 Å². The van der Waals surface area contributed by atoms with Crippen molar-refractivity contribution < 1.29 is 0 Å². The molecule has 2 aromatic heterocycles. The van der Waals surface area contributed by atoms with Crippen LogP contribution in [-0.4, -0.2) is 0 Å². The van der Waals surface area contributed by atoms with Crippen LogP contribution >= 0.6 is 22.7 Å². The molecular weight excluding hydrogens is 1000 g/mol. The van der Waals surface area contributed by atoms with Crippen LogP contribution in [0.15, 0.2) is 243 Å². The Hall–Kier alpha value is -9.32. The van der Waals surface area contributed by atoms with Crippen LogP contribution in [0.1, 0.15) is 22.3 Å². The van der Waals surface area contributed by atoms with Gasteiger partial charge in [0, 0.05) is 73.6 Å². The number of para-hydroxylation sites is 2. The quantitative estimate of drug-likeness (QED) is 0.140. The Kier molecular flexibility index (Phi) is 10.6. The third-order valence-corrected chi connectivity index (χ3v) is 19.4. The van der Waals surface area contributed by atoms with E-state index in [9.17, 15) is 0 Å². The number of fused-ring (bicyclic) bond motifs is 10. The number of aryl methyl sites for hydroxylation is 4. The fourth-order valence-electron chi connectivity index (χ4n) is 13.5. The SMILES string of the molecule is Cc1cccc(C)c1N(c1cccc(-c2cc3ccccc3c3c2sc2ccccc23)c1)c1ccc2ccc3c(N(c4cccc(-c5cc6ccccc6c6c5sc5ccccc56)c4)c4c(C)cccc4C)ccc4ccc1c2c43. The van der Waals surface area contributed by atoms with Crippen LogP contribution in [0.5, 0.6) is 0 Å². The first-order valence-corrected chi connectivity index (χ1v) is 29.3. The molecule has 0 fully saturated rings. The molecule has 0 aliphatic carbocycles. The molecule has 0 saturated heterocycles. The van der Waals surface area contributed by atoms with Crippen molar-refractivity contribution in [2.24, 2.45) is 0 Å². The topological polar surface area (TPSA) is 6.48 Å². The van der Waals surface area contributed by atoms with E-state index in [4.69, 9.17) is 0 Å². The second-order valence-electron chi connectivity index (χ2n) is 21.7. The van der Waals surface area contributed by atoms with Crippen molar-refractivity contribution in [3.63, 3.8) is 0 Å². The molecule has 16 aromatic rings. The lowest BCUT2D eigenvalue weighted by Gasteiger charge is -2.32. The first-order chi connectivity index (χ1) is 39.3. The van der Waals surface area contributed by atoms with E-state index in [2.05, 4.69) is 280 Å². The molecule has 2 heterocycles. The maximum atomic E-state index is 2.54. The summed E-state index contributed by atoms with van der Waals surface area (Å²) in [5, 5.41) is 17.8. The molecule has 378 valence electrons. The fraction of sp³-hybridized carbons (Fsp3) is 0.0526. The largest absolute Gasteiger partial charge is 0.309 e. The predicted octanol–water partition coefficient (Wildman–Crippen LogP) is 23.1. The summed E-state index contributed by atoms with van der Waals surface area (Å²) in [5.41, 5.74) is 16.8. The second-order valence-corrected chi connectivity index (χ2v) is 23.8. The molecule has 0 aliphatic rings. The summed E-state index contributed by atoms with van der Waals surface area (Å²) in [6.07, 6.45) is 0. The summed E-state index contributed by atoms with van der Waals surface area (Å²) in [5.74, 6) is 0. The average Bonchev–Trinajstić information content (AvgIpc) is 4.14. The maximum Gasteiger partial charge on any atom is 0.0540 e.